The molecule has 4 heterocycles. The molecule has 1 aromatic carbocycles. The van der Waals surface area contributed by atoms with Gasteiger partial charge in [0.15, 0.2) is 5.65 Å². The molecule has 1 aliphatic heterocycles. The van der Waals surface area contributed by atoms with E-state index >= 15 is 0 Å². The molecule has 6 rings (SSSR count). The van der Waals surface area contributed by atoms with Crippen molar-refractivity contribution < 1.29 is 4.79 Å². The largest absolute Gasteiger partial charge is 0.345 e. The number of carbonyl (C=O) groups is 1. The molecule has 2 amide bonds. The van der Waals surface area contributed by atoms with Gasteiger partial charge < -0.3 is 10.3 Å². The third-order valence-electron chi connectivity index (χ3n) is 6.16. The lowest BCUT2D eigenvalue weighted by Gasteiger charge is -2.29. The topological polar surface area (TPSA) is 91.2 Å². The molecule has 0 bridgehead atoms. The van der Waals surface area contributed by atoms with E-state index in [2.05, 4.69) is 20.4 Å². The second-order valence-electron chi connectivity index (χ2n) is 7.91. The zero-order valence-electron chi connectivity index (χ0n) is 16.3. The summed E-state index contributed by atoms with van der Waals surface area (Å²) < 4.78 is 1.76. The SMILES string of the molecule is O=C1N[C@@H]2CCCC[C@@H]2N1c1ccn2ncc(-c3ccc(-c4ncc[nH]4)cc3)c2n1. The number of nitrogens with zero attached hydrogens (tertiary/aromatic N) is 5. The minimum atomic E-state index is -0.0485. The summed E-state index contributed by atoms with van der Waals surface area (Å²) in [5.74, 6) is 1.52. The highest BCUT2D eigenvalue weighted by Gasteiger charge is 2.42. The number of hydrogen-bond donors (Lipinski definition) is 2. The molecule has 4 aromatic rings. The predicted octanol–water partition coefficient (Wildman–Crippen LogP) is 3.63. The van der Waals surface area contributed by atoms with Crippen LogP contribution in [0.25, 0.3) is 28.2 Å². The lowest BCUT2D eigenvalue weighted by molar-refractivity contribution is 0.250. The van der Waals surface area contributed by atoms with Gasteiger partial charge in [-0.05, 0) is 24.5 Å². The molecule has 30 heavy (non-hydrogen) atoms. The van der Waals surface area contributed by atoms with Crippen molar-refractivity contribution in [3.05, 3.63) is 55.1 Å². The lowest BCUT2D eigenvalue weighted by Crippen LogP contribution is -2.39. The molecular formula is C22H21N7O. The Hall–Kier alpha value is -3.68. The van der Waals surface area contributed by atoms with Gasteiger partial charge in [-0.25, -0.2) is 19.3 Å². The first-order valence-electron chi connectivity index (χ1n) is 10.3. The molecule has 2 N–H and O–H groups in total. The first-order chi connectivity index (χ1) is 14.8. The number of urea groups is 1. The number of imidazole rings is 1. The molecular weight excluding hydrogens is 378 g/mol. The van der Waals surface area contributed by atoms with E-state index < -0.39 is 0 Å². The zero-order valence-corrected chi connectivity index (χ0v) is 16.3. The summed E-state index contributed by atoms with van der Waals surface area (Å²) in [5.41, 5.74) is 3.71. The first kappa shape index (κ1) is 17.2. The van der Waals surface area contributed by atoms with Gasteiger partial charge in [-0.15, -0.1) is 0 Å². The second kappa shape index (κ2) is 6.69. The Bertz CT molecular complexity index is 1210. The molecule has 2 atom stereocenters. The van der Waals surface area contributed by atoms with Gasteiger partial charge in [-0.2, -0.15) is 5.10 Å². The van der Waals surface area contributed by atoms with Gasteiger partial charge in [0.25, 0.3) is 0 Å². The average Bonchev–Trinajstić information content (AvgIpc) is 3.51. The van der Waals surface area contributed by atoms with Crippen LogP contribution in [-0.4, -0.2) is 42.7 Å². The van der Waals surface area contributed by atoms with Crippen LogP contribution in [0.5, 0.6) is 0 Å². The molecule has 0 spiro atoms. The number of H-pyrrole nitrogens is 1. The fourth-order valence-corrected chi connectivity index (χ4v) is 4.67. The maximum Gasteiger partial charge on any atom is 0.323 e. The number of nitrogens with one attached hydrogen (secondary N) is 2. The van der Waals surface area contributed by atoms with Crippen LogP contribution in [0.2, 0.25) is 0 Å². The van der Waals surface area contributed by atoms with Crippen molar-refractivity contribution in [1.82, 2.24) is 29.9 Å². The van der Waals surface area contributed by atoms with Crippen LogP contribution in [0, 0.1) is 0 Å². The second-order valence-corrected chi connectivity index (χ2v) is 7.91. The minimum Gasteiger partial charge on any atom is -0.345 e. The highest BCUT2D eigenvalue weighted by Crippen LogP contribution is 2.32. The van der Waals surface area contributed by atoms with Crippen molar-refractivity contribution in [3.63, 3.8) is 0 Å². The highest BCUT2D eigenvalue weighted by molar-refractivity contribution is 5.95. The van der Waals surface area contributed by atoms with Gasteiger partial charge in [0.2, 0.25) is 0 Å². The number of carbonyl (C=O) groups excluding carboxylic acids is 1. The maximum atomic E-state index is 12.7. The van der Waals surface area contributed by atoms with Gasteiger partial charge in [-0.1, -0.05) is 37.1 Å². The van der Waals surface area contributed by atoms with Crippen LogP contribution in [0.1, 0.15) is 25.7 Å². The van der Waals surface area contributed by atoms with E-state index in [1.807, 2.05) is 53.8 Å². The van der Waals surface area contributed by atoms with Gasteiger partial charge in [0.05, 0.1) is 18.3 Å². The molecule has 2 fully saturated rings. The number of benzene rings is 1. The summed E-state index contributed by atoms with van der Waals surface area (Å²) in [5, 5.41) is 7.58. The predicted molar refractivity (Wildman–Crippen MR) is 113 cm³/mol. The molecule has 0 radical (unpaired) electrons. The Balaban J connectivity index is 1.38. The molecule has 0 unspecified atom stereocenters. The summed E-state index contributed by atoms with van der Waals surface area (Å²) in [6.07, 6.45) is 11.6. The normalized spacial score (nSPS) is 21.1. The molecule has 2 aliphatic rings. The van der Waals surface area contributed by atoms with Crippen LogP contribution >= 0.6 is 0 Å². The third kappa shape index (κ3) is 2.67. The van der Waals surface area contributed by atoms with Crippen LogP contribution in [0.3, 0.4) is 0 Å². The molecule has 3 aromatic heterocycles. The Morgan fingerprint density at radius 2 is 1.87 bits per heavy atom. The summed E-state index contributed by atoms with van der Waals surface area (Å²) in [7, 11) is 0. The fraction of sp³-hybridized carbons (Fsp3) is 0.273. The lowest BCUT2D eigenvalue weighted by atomic mass is 9.91. The van der Waals surface area contributed by atoms with E-state index in [1.54, 1.807) is 10.7 Å². The molecule has 1 saturated carbocycles. The third-order valence-corrected chi connectivity index (χ3v) is 6.16. The van der Waals surface area contributed by atoms with E-state index in [1.165, 1.54) is 6.42 Å². The van der Waals surface area contributed by atoms with Crippen LogP contribution in [0.4, 0.5) is 10.6 Å². The first-order valence-corrected chi connectivity index (χ1v) is 10.3. The fourth-order valence-electron chi connectivity index (χ4n) is 4.67. The summed E-state index contributed by atoms with van der Waals surface area (Å²) >= 11 is 0. The van der Waals surface area contributed by atoms with E-state index in [9.17, 15) is 4.79 Å². The number of anilines is 1. The minimum absolute atomic E-state index is 0.0485. The number of hydrogen-bond acceptors (Lipinski definition) is 4. The highest BCUT2D eigenvalue weighted by atomic mass is 16.2. The van der Waals surface area contributed by atoms with Crippen LogP contribution in [0.15, 0.2) is 55.1 Å². The maximum absolute atomic E-state index is 12.7. The quantitative estimate of drug-likeness (QED) is 0.550. The van der Waals surface area contributed by atoms with Gasteiger partial charge in [0.1, 0.15) is 11.6 Å². The van der Waals surface area contributed by atoms with Crippen molar-refractivity contribution in [1.29, 1.82) is 0 Å². The Kier molecular flexibility index (Phi) is 3.83. The Morgan fingerprint density at radius 3 is 2.70 bits per heavy atom. The van der Waals surface area contributed by atoms with E-state index in [-0.39, 0.29) is 18.1 Å². The number of rotatable bonds is 3. The van der Waals surface area contributed by atoms with E-state index in [0.29, 0.717) is 5.82 Å². The Morgan fingerprint density at radius 1 is 1.03 bits per heavy atom. The standard InChI is InChI=1S/C22H21N7O/c30-22-26-17-3-1-2-4-18(17)29(22)19-9-12-28-21(27-19)16(13-25-28)14-5-7-15(8-6-14)20-23-10-11-24-20/h5-13,17-18H,1-4H2,(H,23,24)(H,26,30)/t17-,18+/m1/s1. The summed E-state index contributed by atoms with van der Waals surface area (Å²) in [4.78, 5) is 26.8. The van der Waals surface area contributed by atoms with Crippen LogP contribution in [-0.2, 0) is 0 Å². The molecule has 150 valence electrons. The van der Waals surface area contributed by atoms with Gasteiger partial charge >= 0.3 is 6.03 Å². The van der Waals surface area contributed by atoms with Crippen molar-refractivity contribution in [2.24, 2.45) is 0 Å². The number of fused-ring (bicyclic) bond motifs is 2. The Labute approximate surface area is 173 Å². The number of aromatic nitrogens is 5. The number of aromatic amines is 1. The summed E-state index contributed by atoms with van der Waals surface area (Å²) in [6.45, 7) is 0. The molecule has 8 nitrogen and oxygen atoms in total. The van der Waals surface area contributed by atoms with Crippen molar-refractivity contribution in [3.8, 4) is 22.5 Å². The van der Waals surface area contributed by atoms with E-state index in [0.717, 1.165) is 47.4 Å². The zero-order chi connectivity index (χ0) is 20.1. The van der Waals surface area contributed by atoms with Crippen molar-refractivity contribution >= 4 is 17.5 Å². The molecule has 1 saturated heterocycles. The smallest absolute Gasteiger partial charge is 0.323 e. The van der Waals surface area contributed by atoms with E-state index in [4.69, 9.17) is 4.98 Å². The molecule has 1 aliphatic carbocycles. The summed E-state index contributed by atoms with van der Waals surface area (Å²) in [6, 6.07) is 10.4. The average molecular weight is 399 g/mol. The monoisotopic (exact) mass is 399 g/mol. The number of amides is 2. The van der Waals surface area contributed by atoms with Crippen molar-refractivity contribution in [2.75, 3.05) is 4.90 Å². The van der Waals surface area contributed by atoms with Gasteiger partial charge in [-0.3, -0.25) is 4.90 Å². The van der Waals surface area contributed by atoms with Gasteiger partial charge in [0, 0.05) is 29.7 Å². The van der Waals surface area contributed by atoms with Crippen molar-refractivity contribution in [2.45, 2.75) is 37.8 Å². The molecule has 8 heteroatoms. The van der Waals surface area contributed by atoms with Crippen LogP contribution < -0.4 is 10.2 Å².